The van der Waals surface area contributed by atoms with Gasteiger partial charge in [0.25, 0.3) is 0 Å². The molecule has 2 heterocycles. The minimum Gasteiger partial charge on any atom is -0.380 e. The summed E-state index contributed by atoms with van der Waals surface area (Å²) in [4.78, 5) is 1.13. The fourth-order valence-electron chi connectivity index (χ4n) is 2.07. The Hall–Kier alpha value is -0.470. The Balaban J connectivity index is 2.37. The van der Waals surface area contributed by atoms with Gasteiger partial charge in [-0.15, -0.1) is 11.3 Å². The quantitative estimate of drug-likeness (QED) is 0.898. The van der Waals surface area contributed by atoms with Crippen LogP contribution in [0.15, 0.2) is 10.3 Å². The van der Waals surface area contributed by atoms with Crippen LogP contribution in [0.3, 0.4) is 0 Å². The molecule has 0 atom stereocenters. The first kappa shape index (κ1) is 14.0. The lowest BCUT2D eigenvalue weighted by atomic mass is 10.3. The zero-order chi connectivity index (χ0) is 13.2. The molecule has 2 rings (SSSR count). The van der Waals surface area contributed by atoms with Crippen molar-refractivity contribution in [3.63, 3.8) is 0 Å². The van der Waals surface area contributed by atoms with Crippen molar-refractivity contribution in [2.75, 3.05) is 26.3 Å². The van der Waals surface area contributed by atoms with E-state index in [-0.39, 0.29) is 6.54 Å². The largest absolute Gasteiger partial charge is 0.380 e. The molecule has 0 unspecified atom stereocenters. The first-order valence-electron chi connectivity index (χ1n) is 5.92. The van der Waals surface area contributed by atoms with E-state index in [9.17, 15) is 8.42 Å². The maximum atomic E-state index is 12.6. The predicted molar refractivity (Wildman–Crippen MR) is 71.1 cm³/mol. The Labute approximate surface area is 112 Å². The van der Waals surface area contributed by atoms with Gasteiger partial charge in [0.2, 0.25) is 10.0 Å². The molecule has 18 heavy (non-hydrogen) atoms. The van der Waals surface area contributed by atoms with Crippen LogP contribution in [0.4, 0.5) is 0 Å². The van der Waals surface area contributed by atoms with E-state index in [1.165, 1.54) is 15.6 Å². The standard InChI is InChI=1S/C11H18N2O3S2/c1-9-8-17-10(7-12)11(9)18(14,15)13-3-2-5-16-6-4-13/h8H,2-7,12H2,1H3. The zero-order valence-electron chi connectivity index (χ0n) is 10.4. The average molecular weight is 290 g/mol. The molecule has 1 saturated heterocycles. The highest BCUT2D eigenvalue weighted by Gasteiger charge is 2.29. The number of nitrogens with two attached hydrogens (primary N) is 1. The molecule has 0 amide bonds. The van der Waals surface area contributed by atoms with Crippen LogP contribution in [0, 0.1) is 6.92 Å². The van der Waals surface area contributed by atoms with Crippen molar-refractivity contribution >= 4 is 21.4 Å². The third-order valence-corrected chi connectivity index (χ3v) is 6.34. The Morgan fingerprint density at radius 2 is 2.22 bits per heavy atom. The monoisotopic (exact) mass is 290 g/mol. The molecule has 1 aromatic heterocycles. The summed E-state index contributed by atoms with van der Waals surface area (Å²) in [6, 6.07) is 0. The first-order valence-corrected chi connectivity index (χ1v) is 8.24. The highest BCUT2D eigenvalue weighted by atomic mass is 32.2. The molecule has 0 aliphatic carbocycles. The molecule has 7 heteroatoms. The minimum atomic E-state index is -3.43. The predicted octanol–water partition coefficient (Wildman–Crippen LogP) is 0.926. The number of ether oxygens (including phenoxy) is 1. The maximum Gasteiger partial charge on any atom is 0.244 e. The van der Waals surface area contributed by atoms with Crippen LogP contribution >= 0.6 is 11.3 Å². The Morgan fingerprint density at radius 3 is 2.94 bits per heavy atom. The average Bonchev–Trinajstić information content (AvgIpc) is 2.56. The fraction of sp³-hybridized carbons (Fsp3) is 0.636. The van der Waals surface area contributed by atoms with Gasteiger partial charge in [0.1, 0.15) is 4.90 Å². The number of rotatable bonds is 3. The minimum absolute atomic E-state index is 0.261. The molecule has 1 aromatic rings. The second-order valence-electron chi connectivity index (χ2n) is 4.25. The van der Waals surface area contributed by atoms with Crippen molar-refractivity contribution in [2.45, 2.75) is 24.8 Å². The molecule has 2 N–H and O–H groups in total. The molecule has 0 spiro atoms. The summed E-state index contributed by atoms with van der Waals surface area (Å²) >= 11 is 1.41. The summed E-state index contributed by atoms with van der Waals surface area (Å²) in [5.41, 5.74) is 6.41. The van der Waals surface area contributed by atoms with E-state index < -0.39 is 10.0 Å². The molecular weight excluding hydrogens is 272 g/mol. The van der Waals surface area contributed by atoms with Crippen molar-refractivity contribution in [3.8, 4) is 0 Å². The molecule has 1 aliphatic rings. The van der Waals surface area contributed by atoms with Gasteiger partial charge in [-0.3, -0.25) is 0 Å². The number of hydrogen-bond donors (Lipinski definition) is 1. The smallest absolute Gasteiger partial charge is 0.244 e. The van der Waals surface area contributed by atoms with Crippen molar-refractivity contribution in [3.05, 3.63) is 15.8 Å². The van der Waals surface area contributed by atoms with Gasteiger partial charge in [0, 0.05) is 31.1 Å². The SMILES string of the molecule is Cc1csc(CN)c1S(=O)(=O)N1CCCOCC1. The van der Waals surface area contributed by atoms with Gasteiger partial charge in [-0.25, -0.2) is 8.42 Å². The van der Waals surface area contributed by atoms with E-state index >= 15 is 0 Å². The summed E-state index contributed by atoms with van der Waals surface area (Å²) in [6.45, 7) is 4.09. The Kier molecular flexibility index (Phi) is 4.39. The zero-order valence-corrected chi connectivity index (χ0v) is 12.0. The number of nitrogens with zero attached hydrogens (tertiary/aromatic N) is 1. The summed E-state index contributed by atoms with van der Waals surface area (Å²) < 4.78 is 32.1. The van der Waals surface area contributed by atoms with Crippen LogP contribution < -0.4 is 5.73 Å². The van der Waals surface area contributed by atoms with E-state index in [2.05, 4.69) is 0 Å². The van der Waals surface area contributed by atoms with Crippen LogP contribution in [-0.4, -0.2) is 39.0 Å². The van der Waals surface area contributed by atoms with Gasteiger partial charge in [-0.1, -0.05) is 0 Å². The summed E-state index contributed by atoms with van der Waals surface area (Å²) in [7, 11) is -3.43. The first-order chi connectivity index (χ1) is 8.57. The lowest BCUT2D eigenvalue weighted by molar-refractivity contribution is 0.148. The highest BCUT2D eigenvalue weighted by molar-refractivity contribution is 7.89. The van der Waals surface area contributed by atoms with Crippen molar-refractivity contribution in [2.24, 2.45) is 5.73 Å². The van der Waals surface area contributed by atoms with E-state index in [0.717, 1.165) is 16.9 Å². The van der Waals surface area contributed by atoms with Gasteiger partial charge in [-0.2, -0.15) is 4.31 Å². The molecular formula is C11H18N2O3S2. The van der Waals surface area contributed by atoms with Crippen molar-refractivity contribution < 1.29 is 13.2 Å². The van der Waals surface area contributed by atoms with Crippen LogP contribution in [0.25, 0.3) is 0 Å². The summed E-state index contributed by atoms with van der Waals surface area (Å²) in [6.07, 6.45) is 0.736. The van der Waals surface area contributed by atoms with Gasteiger partial charge < -0.3 is 10.5 Å². The molecule has 0 aromatic carbocycles. The molecule has 1 aliphatic heterocycles. The number of sulfonamides is 1. The topological polar surface area (TPSA) is 72.6 Å². The van der Waals surface area contributed by atoms with Crippen LogP contribution in [-0.2, 0) is 21.3 Å². The molecule has 1 fully saturated rings. The van der Waals surface area contributed by atoms with Gasteiger partial charge in [0.05, 0.1) is 6.61 Å². The van der Waals surface area contributed by atoms with E-state index in [1.807, 2.05) is 12.3 Å². The van der Waals surface area contributed by atoms with Crippen LogP contribution in [0.2, 0.25) is 0 Å². The second kappa shape index (κ2) is 5.66. The third-order valence-electron chi connectivity index (χ3n) is 2.95. The van der Waals surface area contributed by atoms with Crippen LogP contribution in [0.1, 0.15) is 16.9 Å². The molecule has 0 saturated carbocycles. The highest BCUT2D eigenvalue weighted by Crippen LogP contribution is 2.29. The van der Waals surface area contributed by atoms with Gasteiger partial charge >= 0.3 is 0 Å². The Bertz CT molecular complexity index is 502. The maximum absolute atomic E-state index is 12.6. The molecule has 5 nitrogen and oxygen atoms in total. The Morgan fingerprint density at radius 1 is 1.44 bits per heavy atom. The third kappa shape index (κ3) is 2.60. The number of thiophene rings is 1. The number of aryl methyl sites for hydroxylation is 1. The van der Waals surface area contributed by atoms with E-state index in [1.54, 1.807) is 0 Å². The molecule has 0 bridgehead atoms. The van der Waals surface area contributed by atoms with Crippen molar-refractivity contribution in [1.29, 1.82) is 0 Å². The summed E-state index contributed by atoms with van der Waals surface area (Å²) in [5, 5.41) is 1.85. The van der Waals surface area contributed by atoms with E-state index in [4.69, 9.17) is 10.5 Å². The second-order valence-corrected chi connectivity index (χ2v) is 7.08. The fourth-order valence-corrected chi connectivity index (χ4v) is 5.18. The normalized spacial score (nSPS) is 18.8. The summed E-state index contributed by atoms with van der Waals surface area (Å²) in [5.74, 6) is 0. The number of hydrogen-bond acceptors (Lipinski definition) is 5. The van der Waals surface area contributed by atoms with Gasteiger partial charge in [0.15, 0.2) is 0 Å². The molecule has 0 radical (unpaired) electrons. The molecule has 102 valence electrons. The van der Waals surface area contributed by atoms with Crippen LogP contribution in [0.5, 0.6) is 0 Å². The van der Waals surface area contributed by atoms with Crippen molar-refractivity contribution in [1.82, 2.24) is 4.31 Å². The lowest BCUT2D eigenvalue weighted by Gasteiger charge is -2.20. The van der Waals surface area contributed by atoms with Gasteiger partial charge in [-0.05, 0) is 24.3 Å². The lowest BCUT2D eigenvalue weighted by Crippen LogP contribution is -2.34. The van der Waals surface area contributed by atoms with E-state index in [0.29, 0.717) is 31.2 Å².